The fourth-order valence-electron chi connectivity index (χ4n) is 1.24. The van der Waals surface area contributed by atoms with Gasteiger partial charge in [-0.25, -0.2) is 4.79 Å². The lowest BCUT2D eigenvalue weighted by atomic mass is 10.2. The molecule has 0 aromatic heterocycles. The van der Waals surface area contributed by atoms with Gasteiger partial charge in [-0.05, 0) is 24.7 Å². The summed E-state index contributed by atoms with van der Waals surface area (Å²) in [4.78, 5) is 22.4. The van der Waals surface area contributed by atoms with Crippen molar-refractivity contribution in [3.05, 3.63) is 28.2 Å². The Morgan fingerprint density at radius 1 is 1.41 bits per heavy atom. The van der Waals surface area contributed by atoms with Gasteiger partial charge in [0.2, 0.25) is 5.91 Å². The topological polar surface area (TPSA) is 78.4 Å². The van der Waals surface area contributed by atoms with Crippen molar-refractivity contribution in [1.82, 2.24) is 5.32 Å². The highest BCUT2D eigenvalue weighted by Gasteiger charge is 2.12. The molecule has 1 aromatic rings. The van der Waals surface area contributed by atoms with E-state index in [0.717, 1.165) is 0 Å². The minimum absolute atomic E-state index is 0.0595. The zero-order valence-electron chi connectivity index (χ0n) is 9.29. The molecule has 1 amide bonds. The van der Waals surface area contributed by atoms with E-state index in [9.17, 15) is 9.59 Å². The number of likely N-dealkylation sites (N-methyl/N-ethyl adjacent to an activating group) is 1. The quantitative estimate of drug-likeness (QED) is 0.773. The summed E-state index contributed by atoms with van der Waals surface area (Å²) < 4.78 is 0.652. The first kappa shape index (κ1) is 13.7. The Morgan fingerprint density at radius 3 is 2.71 bits per heavy atom. The van der Waals surface area contributed by atoms with Crippen LogP contribution >= 0.6 is 15.9 Å². The first-order chi connectivity index (χ1) is 8.04. The molecule has 5 nitrogen and oxygen atoms in total. The van der Waals surface area contributed by atoms with Crippen LogP contribution in [0.25, 0.3) is 0 Å². The monoisotopic (exact) mass is 300 g/mol. The number of carboxylic acids is 1. The summed E-state index contributed by atoms with van der Waals surface area (Å²) in [7, 11) is 0. The molecule has 6 heteroatoms. The van der Waals surface area contributed by atoms with Crippen molar-refractivity contribution in [3.63, 3.8) is 0 Å². The standard InChI is InChI=1S/C11H13BrN2O3/c1-2-13-6-10(15)14-9-4-3-7(12)5-8(9)11(16)17/h3-5,13H,2,6H2,1H3,(H,14,15)(H,16,17). The van der Waals surface area contributed by atoms with Gasteiger partial charge in [-0.1, -0.05) is 22.9 Å². The lowest BCUT2D eigenvalue weighted by molar-refractivity contribution is -0.115. The van der Waals surface area contributed by atoms with Crippen molar-refractivity contribution in [2.45, 2.75) is 6.92 Å². The second kappa shape index (κ2) is 6.36. The predicted octanol–water partition coefficient (Wildman–Crippen LogP) is 1.70. The van der Waals surface area contributed by atoms with Crippen LogP contribution in [0.5, 0.6) is 0 Å². The zero-order valence-corrected chi connectivity index (χ0v) is 10.9. The molecule has 0 saturated carbocycles. The SMILES string of the molecule is CCNCC(=O)Nc1ccc(Br)cc1C(=O)O. The van der Waals surface area contributed by atoms with Crippen LogP contribution in [-0.4, -0.2) is 30.1 Å². The van der Waals surface area contributed by atoms with Gasteiger partial charge in [0.15, 0.2) is 0 Å². The maximum absolute atomic E-state index is 11.5. The third-order valence-corrected chi connectivity index (χ3v) is 2.51. The summed E-state index contributed by atoms with van der Waals surface area (Å²) in [5, 5.41) is 14.4. The Hall–Kier alpha value is -1.40. The van der Waals surface area contributed by atoms with Crippen LogP contribution in [0.15, 0.2) is 22.7 Å². The Balaban J connectivity index is 2.83. The van der Waals surface area contributed by atoms with E-state index < -0.39 is 5.97 Å². The van der Waals surface area contributed by atoms with Gasteiger partial charge in [-0.15, -0.1) is 0 Å². The molecule has 0 bridgehead atoms. The molecule has 17 heavy (non-hydrogen) atoms. The molecule has 0 aliphatic rings. The summed E-state index contributed by atoms with van der Waals surface area (Å²) in [6, 6.07) is 4.68. The molecule has 0 aliphatic carbocycles. The Labute approximate surface area is 107 Å². The second-order valence-electron chi connectivity index (χ2n) is 3.32. The van der Waals surface area contributed by atoms with Crippen LogP contribution in [0.3, 0.4) is 0 Å². The molecule has 0 atom stereocenters. The Bertz CT molecular complexity index is 435. The van der Waals surface area contributed by atoms with Crippen molar-refractivity contribution in [3.8, 4) is 0 Å². The third-order valence-electron chi connectivity index (χ3n) is 2.02. The molecule has 0 aliphatic heterocycles. The van der Waals surface area contributed by atoms with Crippen LogP contribution in [0.2, 0.25) is 0 Å². The Morgan fingerprint density at radius 2 is 2.12 bits per heavy atom. The zero-order chi connectivity index (χ0) is 12.8. The summed E-state index contributed by atoms with van der Waals surface area (Å²) >= 11 is 3.18. The number of halogens is 1. The lowest BCUT2D eigenvalue weighted by Gasteiger charge is -2.09. The molecule has 92 valence electrons. The first-order valence-electron chi connectivity index (χ1n) is 5.08. The molecule has 0 heterocycles. The van der Waals surface area contributed by atoms with Gasteiger partial charge in [0, 0.05) is 4.47 Å². The molecule has 1 aromatic carbocycles. The highest BCUT2D eigenvalue weighted by atomic mass is 79.9. The van der Waals surface area contributed by atoms with Crippen LogP contribution in [0.4, 0.5) is 5.69 Å². The molecular formula is C11H13BrN2O3. The Kier molecular flexibility index (Phi) is 5.11. The van der Waals surface area contributed by atoms with Gasteiger partial charge in [0.05, 0.1) is 17.8 Å². The molecule has 0 fully saturated rings. The van der Waals surface area contributed by atoms with Crippen molar-refractivity contribution < 1.29 is 14.7 Å². The number of benzene rings is 1. The average Bonchev–Trinajstić information content (AvgIpc) is 2.28. The molecule has 0 spiro atoms. The lowest BCUT2D eigenvalue weighted by Crippen LogP contribution is -2.28. The normalized spacial score (nSPS) is 10.0. The van der Waals surface area contributed by atoms with E-state index in [1.54, 1.807) is 12.1 Å². The average molecular weight is 301 g/mol. The molecular weight excluding hydrogens is 288 g/mol. The van der Waals surface area contributed by atoms with E-state index in [1.807, 2.05) is 6.92 Å². The number of carbonyl (C=O) groups is 2. The summed E-state index contributed by atoms with van der Waals surface area (Å²) in [5.74, 6) is -1.35. The van der Waals surface area contributed by atoms with Crippen LogP contribution in [0.1, 0.15) is 17.3 Å². The summed E-state index contributed by atoms with van der Waals surface area (Å²) in [6.07, 6.45) is 0. The van der Waals surface area contributed by atoms with E-state index in [0.29, 0.717) is 16.7 Å². The van der Waals surface area contributed by atoms with Gasteiger partial charge in [0.1, 0.15) is 0 Å². The van der Waals surface area contributed by atoms with Gasteiger partial charge in [-0.2, -0.15) is 0 Å². The number of carbonyl (C=O) groups excluding carboxylic acids is 1. The number of nitrogens with one attached hydrogen (secondary N) is 2. The minimum atomic E-state index is -1.08. The van der Waals surface area contributed by atoms with Gasteiger partial charge >= 0.3 is 5.97 Å². The maximum atomic E-state index is 11.5. The second-order valence-corrected chi connectivity index (χ2v) is 4.24. The summed E-state index contributed by atoms with van der Waals surface area (Å²) in [5.41, 5.74) is 0.354. The highest BCUT2D eigenvalue weighted by Crippen LogP contribution is 2.20. The van der Waals surface area contributed by atoms with E-state index >= 15 is 0 Å². The van der Waals surface area contributed by atoms with Crippen molar-refractivity contribution in [2.75, 3.05) is 18.4 Å². The van der Waals surface area contributed by atoms with Crippen molar-refractivity contribution in [2.24, 2.45) is 0 Å². The summed E-state index contributed by atoms with van der Waals surface area (Å²) in [6.45, 7) is 2.72. The van der Waals surface area contributed by atoms with Crippen LogP contribution in [-0.2, 0) is 4.79 Å². The fourth-order valence-corrected chi connectivity index (χ4v) is 1.60. The molecule has 0 radical (unpaired) electrons. The van der Waals surface area contributed by atoms with Crippen LogP contribution < -0.4 is 10.6 Å². The number of amides is 1. The molecule has 3 N–H and O–H groups in total. The number of aromatic carboxylic acids is 1. The molecule has 0 unspecified atom stereocenters. The largest absolute Gasteiger partial charge is 0.478 e. The minimum Gasteiger partial charge on any atom is -0.478 e. The van der Waals surface area contributed by atoms with Gasteiger partial charge in [-0.3, -0.25) is 4.79 Å². The predicted molar refractivity (Wildman–Crippen MR) is 68.3 cm³/mol. The third kappa shape index (κ3) is 4.16. The van der Waals surface area contributed by atoms with Gasteiger partial charge < -0.3 is 15.7 Å². The smallest absolute Gasteiger partial charge is 0.337 e. The number of carboxylic acid groups (broad SMARTS) is 1. The fraction of sp³-hybridized carbons (Fsp3) is 0.273. The van der Waals surface area contributed by atoms with E-state index in [4.69, 9.17) is 5.11 Å². The van der Waals surface area contributed by atoms with Crippen molar-refractivity contribution in [1.29, 1.82) is 0 Å². The van der Waals surface area contributed by atoms with E-state index in [1.165, 1.54) is 6.07 Å². The number of rotatable bonds is 5. The number of hydrogen-bond donors (Lipinski definition) is 3. The maximum Gasteiger partial charge on any atom is 0.337 e. The van der Waals surface area contributed by atoms with Gasteiger partial charge in [0.25, 0.3) is 0 Å². The first-order valence-corrected chi connectivity index (χ1v) is 5.87. The number of hydrogen-bond acceptors (Lipinski definition) is 3. The molecule has 0 saturated heterocycles. The van der Waals surface area contributed by atoms with E-state index in [2.05, 4.69) is 26.6 Å². The molecule has 1 rings (SSSR count). The van der Waals surface area contributed by atoms with E-state index in [-0.39, 0.29) is 18.0 Å². The number of anilines is 1. The van der Waals surface area contributed by atoms with Crippen LogP contribution in [0, 0.1) is 0 Å². The highest BCUT2D eigenvalue weighted by molar-refractivity contribution is 9.10. The van der Waals surface area contributed by atoms with Crippen molar-refractivity contribution >= 4 is 33.5 Å².